The van der Waals surface area contributed by atoms with Crippen LogP contribution in [-0.4, -0.2) is 45.2 Å². The number of amides is 1. The number of nitrogen functional groups attached to an aromatic ring is 1. The van der Waals surface area contributed by atoms with E-state index in [9.17, 15) is 14.4 Å². The van der Waals surface area contributed by atoms with Gasteiger partial charge < -0.3 is 25.3 Å². The number of carbonyl (C=O) groups is 3. The summed E-state index contributed by atoms with van der Waals surface area (Å²) in [6, 6.07) is 3.52. The minimum atomic E-state index is -0.963. The first kappa shape index (κ1) is 18.3. The third-order valence-corrected chi connectivity index (χ3v) is 3.15. The van der Waals surface area contributed by atoms with E-state index in [1.807, 2.05) is 0 Å². The van der Waals surface area contributed by atoms with Crippen LogP contribution < -0.4 is 15.8 Å². The van der Waals surface area contributed by atoms with Gasteiger partial charge >= 0.3 is 11.9 Å². The van der Waals surface area contributed by atoms with Crippen LogP contribution in [0.4, 0.5) is 5.69 Å². The monoisotopic (exact) mass is 324 g/mol. The van der Waals surface area contributed by atoms with Crippen molar-refractivity contribution >= 4 is 23.5 Å². The van der Waals surface area contributed by atoms with Gasteiger partial charge in [0, 0.05) is 12.0 Å². The molecule has 0 aromatic heterocycles. The van der Waals surface area contributed by atoms with Gasteiger partial charge in [0.2, 0.25) is 0 Å². The summed E-state index contributed by atoms with van der Waals surface area (Å²) in [5, 5.41) is 2.52. The average molecular weight is 324 g/mol. The van der Waals surface area contributed by atoms with E-state index in [4.69, 9.17) is 10.5 Å². The first-order valence-electron chi connectivity index (χ1n) is 6.82. The summed E-state index contributed by atoms with van der Waals surface area (Å²) in [5.41, 5.74) is 6.34. The van der Waals surface area contributed by atoms with Crippen molar-refractivity contribution in [3.63, 3.8) is 0 Å². The van der Waals surface area contributed by atoms with E-state index in [0.29, 0.717) is 11.4 Å². The maximum absolute atomic E-state index is 12.2. The average Bonchev–Trinajstić information content (AvgIpc) is 2.57. The van der Waals surface area contributed by atoms with Crippen LogP contribution in [0.15, 0.2) is 18.2 Å². The topological polar surface area (TPSA) is 117 Å². The molecule has 0 radical (unpaired) electrons. The third-order valence-electron chi connectivity index (χ3n) is 3.15. The van der Waals surface area contributed by atoms with E-state index in [1.165, 1.54) is 39.5 Å². The molecule has 1 rings (SSSR count). The van der Waals surface area contributed by atoms with Gasteiger partial charge in [-0.15, -0.1) is 0 Å². The van der Waals surface area contributed by atoms with Gasteiger partial charge in [0.05, 0.1) is 27.0 Å². The van der Waals surface area contributed by atoms with Crippen molar-refractivity contribution in [2.75, 3.05) is 27.1 Å². The number of esters is 2. The highest BCUT2D eigenvalue weighted by molar-refractivity contribution is 5.97. The molecule has 0 spiro atoms. The molecule has 0 aliphatic heterocycles. The molecule has 1 amide bonds. The van der Waals surface area contributed by atoms with Gasteiger partial charge in [-0.1, -0.05) is 0 Å². The van der Waals surface area contributed by atoms with Gasteiger partial charge in [-0.3, -0.25) is 9.59 Å². The normalized spacial score (nSPS) is 11.3. The van der Waals surface area contributed by atoms with Crippen LogP contribution in [0.2, 0.25) is 0 Å². The number of hydrogen-bond acceptors (Lipinski definition) is 7. The summed E-state index contributed by atoms with van der Waals surface area (Å²) in [5.74, 6) is -1.29. The predicted molar refractivity (Wildman–Crippen MR) is 81.9 cm³/mol. The Morgan fingerprint density at radius 3 is 2.43 bits per heavy atom. The Morgan fingerprint density at radius 2 is 1.87 bits per heavy atom. The van der Waals surface area contributed by atoms with Gasteiger partial charge in [0.1, 0.15) is 11.8 Å². The standard InChI is InChI=1S/C15H20N2O6/c1-21-12-8-9(4-5-10(12)16)14(19)17-11(15(20)23-3)6-7-13(18)22-2/h4-5,8,11H,6-7,16H2,1-3H3,(H,17,19)/t11-/m1/s1. The number of ether oxygens (including phenoxy) is 3. The van der Waals surface area contributed by atoms with Crippen LogP contribution in [0.1, 0.15) is 23.2 Å². The van der Waals surface area contributed by atoms with Crippen molar-refractivity contribution in [1.29, 1.82) is 0 Å². The second-order valence-corrected chi connectivity index (χ2v) is 4.62. The number of hydrogen-bond donors (Lipinski definition) is 2. The van der Waals surface area contributed by atoms with E-state index in [-0.39, 0.29) is 18.4 Å². The van der Waals surface area contributed by atoms with Crippen LogP contribution in [0.25, 0.3) is 0 Å². The summed E-state index contributed by atoms with van der Waals surface area (Å²) in [4.78, 5) is 35.1. The van der Waals surface area contributed by atoms with Crippen molar-refractivity contribution in [3.05, 3.63) is 23.8 Å². The van der Waals surface area contributed by atoms with Gasteiger partial charge in [0.25, 0.3) is 5.91 Å². The summed E-state index contributed by atoms with van der Waals surface area (Å²) in [7, 11) is 3.88. The summed E-state index contributed by atoms with van der Waals surface area (Å²) >= 11 is 0. The maximum Gasteiger partial charge on any atom is 0.328 e. The lowest BCUT2D eigenvalue weighted by molar-refractivity contribution is -0.144. The largest absolute Gasteiger partial charge is 0.495 e. The van der Waals surface area contributed by atoms with Crippen LogP contribution in [0, 0.1) is 0 Å². The second-order valence-electron chi connectivity index (χ2n) is 4.62. The van der Waals surface area contributed by atoms with Crippen molar-refractivity contribution in [1.82, 2.24) is 5.32 Å². The molecule has 0 aliphatic rings. The van der Waals surface area contributed by atoms with Gasteiger partial charge in [0.15, 0.2) is 0 Å². The number of nitrogens with two attached hydrogens (primary N) is 1. The molecule has 1 atom stereocenters. The molecule has 1 aromatic rings. The first-order valence-corrected chi connectivity index (χ1v) is 6.82. The molecular formula is C15H20N2O6. The molecule has 0 bridgehead atoms. The molecule has 8 nitrogen and oxygen atoms in total. The zero-order valence-electron chi connectivity index (χ0n) is 13.3. The number of nitrogens with one attached hydrogen (secondary N) is 1. The summed E-state index contributed by atoms with van der Waals surface area (Å²) in [6.45, 7) is 0. The minimum absolute atomic E-state index is 0.0262. The Kier molecular flexibility index (Phi) is 6.85. The number of carbonyl (C=O) groups excluding carboxylic acids is 3. The van der Waals surface area contributed by atoms with E-state index < -0.39 is 23.9 Å². The molecule has 23 heavy (non-hydrogen) atoms. The van der Waals surface area contributed by atoms with E-state index in [0.717, 1.165) is 0 Å². The van der Waals surface area contributed by atoms with Gasteiger partial charge in [-0.2, -0.15) is 0 Å². The van der Waals surface area contributed by atoms with Crippen LogP contribution in [0.5, 0.6) is 5.75 Å². The fraction of sp³-hybridized carbons (Fsp3) is 0.400. The molecular weight excluding hydrogens is 304 g/mol. The molecule has 0 fully saturated rings. The Hall–Kier alpha value is -2.77. The zero-order chi connectivity index (χ0) is 17.4. The van der Waals surface area contributed by atoms with E-state index >= 15 is 0 Å². The van der Waals surface area contributed by atoms with Crippen molar-refractivity contribution in [2.24, 2.45) is 0 Å². The number of rotatable bonds is 7. The molecule has 3 N–H and O–H groups in total. The minimum Gasteiger partial charge on any atom is -0.495 e. The number of anilines is 1. The molecule has 126 valence electrons. The fourth-order valence-corrected chi connectivity index (χ4v) is 1.85. The predicted octanol–water partition coefficient (Wildman–Crippen LogP) is 0.502. The van der Waals surface area contributed by atoms with Crippen LogP contribution in [0.3, 0.4) is 0 Å². The maximum atomic E-state index is 12.2. The molecule has 0 heterocycles. The molecule has 1 aromatic carbocycles. The summed E-state index contributed by atoms with van der Waals surface area (Å²) < 4.78 is 14.2. The van der Waals surface area contributed by atoms with Crippen molar-refractivity contribution < 1.29 is 28.6 Å². The second kappa shape index (κ2) is 8.62. The highest BCUT2D eigenvalue weighted by atomic mass is 16.5. The fourth-order valence-electron chi connectivity index (χ4n) is 1.85. The Balaban J connectivity index is 2.83. The number of benzene rings is 1. The van der Waals surface area contributed by atoms with E-state index in [2.05, 4.69) is 14.8 Å². The highest BCUT2D eigenvalue weighted by Crippen LogP contribution is 2.22. The Morgan fingerprint density at radius 1 is 1.17 bits per heavy atom. The molecule has 0 saturated heterocycles. The Bertz CT molecular complexity index is 587. The molecule has 8 heteroatoms. The lowest BCUT2D eigenvalue weighted by Gasteiger charge is -2.16. The van der Waals surface area contributed by atoms with E-state index in [1.54, 1.807) is 0 Å². The molecule has 0 unspecified atom stereocenters. The SMILES string of the molecule is COC(=O)CC[C@@H](NC(=O)c1ccc(N)c(OC)c1)C(=O)OC. The lowest BCUT2D eigenvalue weighted by atomic mass is 10.1. The van der Waals surface area contributed by atoms with Gasteiger partial charge in [-0.25, -0.2) is 4.79 Å². The first-order chi connectivity index (χ1) is 10.9. The van der Waals surface area contributed by atoms with Crippen LogP contribution in [-0.2, 0) is 19.1 Å². The van der Waals surface area contributed by atoms with Crippen molar-refractivity contribution in [3.8, 4) is 5.75 Å². The van der Waals surface area contributed by atoms with Crippen LogP contribution >= 0.6 is 0 Å². The quantitative estimate of drug-likeness (QED) is 0.554. The smallest absolute Gasteiger partial charge is 0.328 e. The van der Waals surface area contributed by atoms with Crippen molar-refractivity contribution in [2.45, 2.75) is 18.9 Å². The highest BCUT2D eigenvalue weighted by Gasteiger charge is 2.23. The third kappa shape index (κ3) is 5.17. The lowest BCUT2D eigenvalue weighted by Crippen LogP contribution is -2.41. The Labute approximate surface area is 133 Å². The molecule has 0 saturated carbocycles. The van der Waals surface area contributed by atoms with Gasteiger partial charge in [-0.05, 0) is 24.6 Å². The number of methoxy groups -OCH3 is 3. The zero-order valence-corrected chi connectivity index (χ0v) is 13.3. The molecule has 0 aliphatic carbocycles. The summed E-state index contributed by atoms with van der Waals surface area (Å²) in [6.07, 6.45) is 0.0405.